The Balaban J connectivity index is 1.73. The topological polar surface area (TPSA) is 75.7 Å². The molecule has 6 nitrogen and oxygen atoms in total. The van der Waals surface area contributed by atoms with Gasteiger partial charge in [0.05, 0.1) is 29.4 Å². The first-order chi connectivity index (χ1) is 13.5. The SMILES string of the molecule is CCOC(=O)c1ccccc1NCN1C(=O)S/C(=C\c2cccc(Br)c2)C1=O. The lowest BCUT2D eigenvalue weighted by Crippen LogP contribution is -2.33. The molecule has 8 heteroatoms. The highest BCUT2D eigenvalue weighted by atomic mass is 79.9. The molecule has 0 aromatic heterocycles. The normalized spacial score (nSPS) is 15.2. The van der Waals surface area contributed by atoms with Crippen LogP contribution >= 0.6 is 27.7 Å². The zero-order valence-corrected chi connectivity index (χ0v) is 17.4. The van der Waals surface area contributed by atoms with Crippen molar-refractivity contribution in [3.8, 4) is 0 Å². The number of hydrogen-bond donors (Lipinski definition) is 1. The van der Waals surface area contributed by atoms with Gasteiger partial charge in [0.15, 0.2) is 0 Å². The van der Waals surface area contributed by atoms with Gasteiger partial charge in [-0.25, -0.2) is 4.79 Å². The number of nitrogens with one attached hydrogen (secondary N) is 1. The van der Waals surface area contributed by atoms with Crippen molar-refractivity contribution in [1.82, 2.24) is 4.90 Å². The Kier molecular flexibility index (Phi) is 6.53. The van der Waals surface area contributed by atoms with Crippen LogP contribution in [0.1, 0.15) is 22.8 Å². The second-order valence-corrected chi connectivity index (χ2v) is 7.67. The van der Waals surface area contributed by atoms with Gasteiger partial charge in [-0.05, 0) is 54.6 Å². The number of para-hydroxylation sites is 1. The third-order valence-corrected chi connectivity index (χ3v) is 5.27. The lowest BCUT2D eigenvalue weighted by atomic mass is 10.2. The summed E-state index contributed by atoms with van der Waals surface area (Å²) in [4.78, 5) is 38.4. The molecule has 0 saturated carbocycles. The Hall–Kier alpha value is -2.58. The number of benzene rings is 2. The molecule has 0 aliphatic carbocycles. The highest BCUT2D eigenvalue weighted by molar-refractivity contribution is 9.10. The van der Waals surface area contributed by atoms with Crippen molar-refractivity contribution < 1.29 is 19.1 Å². The summed E-state index contributed by atoms with van der Waals surface area (Å²) in [5.41, 5.74) is 1.66. The van der Waals surface area contributed by atoms with Gasteiger partial charge in [0, 0.05) is 4.47 Å². The van der Waals surface area contributed by atoms with E-state index in [1.807, 2.05) is 24.3 Å². The number of rotatable bonds is 6. The number of thioether (sulfide) groups is 1. The Bertz CT molecular complexity index is 961. The number of amides is 2. The number of ether oxygens (including phenoxy) is 1. The molecule has 3 rings (SSSR count). The van der Waals surface area contributed by atoms with Gasteiger partial charge in [-0.1, -0.05) is 40.2 Å². The fourth-order valence-electron chi connectivity index (χ4n) is 2.57. The predicted octanol–water partition coefficient (Wildman–Crippen LogP) is 4.73. The van der Waals surface area contributed by atoms with Crippen LogP contribution < -0.4 is 5.32 Å². The van der Waals surface area contributed by atoms with Gasteiger partial charge >= 0.3 is 5.97 Å². The zero-order chi connectivity index (χ0) is 20.1. The van der Waals surface area contributed by atoms with E-state index >= 15 is 0 Å². The summed E-state index contributed by atoms with van der Waals surface area (Å²) in [7, 11) is 0. The van der Waals surface area contributed by atoms with Crippen LogP contribution in [0.4, 0.5) is 10.5 Å². The smallest absolute Gasteiger partial charge is 0.340 e. The monoisotopic (exact) mass is 460 g/mol. The van der Waals surface area contributed by atoms with Crippen molar-refractivity contribution in [2.75, 3.05) is 18.6 Å². The van der Waals surface area contributed by atoms with Crippen molar-refractivity contribution in [2.45, 2.75) is 6.92 Å². The standard InChI is InChI=1S/C20H17BrN2O4S/c1-2-27-19(25)15-8-3-4-9-16(15)22-12-23-18(24)17(28-20(23)26)11-13-6-5-7-14(21)10-13/h3-11,22H,2,12H2,1H3/b17-11-. The average molecular weight is 461 g/mol. The van der Waals surface area contributed by atoms with Gasteiger partial charge in [0.25, 0.3) is 11.1 Å². The molecular weight excluding hydrogens is 444 g/mol. The minimum absolute atomic E-state index is 0.0447. The molecule has 2 amide bonds. The average Bonchev–Trinajstić information content (AvgIpc) is 2.93. The van der Waals surface area contributed by atoms with Crippen LogP contribution in [0.2, 0.25) is 0 Å². The van der Waals surface area contributed by atoms with E-state index in [1.54, 1.807) is 37.3 Å². The summed E-state index contributed by atoms with van der Waals surface area (Å²) in [6.45, 7) is 1.94. The maximum Gasteiger partial charge on any atom is 0.340 e. The van der Waals surface area contributed by atoms with Gasteiger partial charge in [-0.15, -0.1) is 0 Å². The highest BCUT2D eigenvalue weighted by Gasteiger charge is 2.35. The summed E-state index contributed by atoms with van der Waals surface area (Å²) < 4.78 is 5.92. The van der Waals surface area contributed by atoms with Crippen molar-refractivity contribution in [1.29, 1.82) is 0 Å². The van der Waals surface area contributed by atoms with Gasteiger partial charge in [-0.3, -0.25) is 14.5 Å². The number of carbonyl (C=O) groups excluding carboxylic acids is 3. The molecule has 2 aromatic carbocycles. The molecule has 0 radical (unpaired) electrons. The first-order valence-corrected chi connectivity index (χ1v) is 10.1. The van der Waals surface area contributed by atoms with Crippen LogP contribution in [0.5, 0.6) is 0 Å². The van der Waals surface area contributed by atoms with Gasteiger partial charge in [-0.2, -0.15) is 0 Å². The molecule has 1 aliphatic rings. The molecule has 1 fully saturated rings. The molecule has 1 N–H and O–H groups in total. The fourth-order valence-corrected chi connectivity index (χ4v) is 3.83. The van der Waals surface area contributed by atoms with E-state index in [1.165, 1.54) is 0 Å². The van der Waals surface area contributed by atoms with Gasteiger partial charge in [0.2, 0.25) is 0 Å². The Labute approximate surface area is 175 Å². The first-order valence-electron chi connectivity index (χ1n) is 8.50. The lowest BCUT2D eigenvalue weighted by Gasteiger charge is -2.16. The maximum atomic E-state index is 12.6. The quantitative estimate of drug-likeness (QED) is 0.495. The van der Waals surface area contributed by atoms with Crippen molar-refractivity contribution in [2.24, 2.45) is 0 Å². The largest absolute Gasteiger partial charge is 0.462 e. The Morgan fingerprint density at radius 1 is 1.21 bits per heavy atom. The Morgan fingerprint density at radius 3 is 2.75 bits per heavy atom. The minimum Gasteiger partial charge on any atom is -0.462 e. The second-order valence-electron chi connectivity index (χ2n) is 5.77. The molecule has 1 aliphatic heterocycles. The van der Waals surface area contributed by atoms with Crippen molar-refractivity contribution >= 4 is 56.6 Å². The molecular formula is C20H17BrN2O4S. The van der Waals surface area contributed by atoms with Crippen LogP contribution in [0.25, 0.3) is 6.08 Å². The molecule has 0 spiro atoms. The number of esters is 1. The van der Waals surface area contributed by atoms with E-state index in [0.717, 1.165) is 26.7 Å². The molecule has 1 heterocycles. The molecule has 0 bridgehead atoms. The summed E-state index contributed by atoms with van der Waals surface area (Å²) in [5, 5.41) is 2.62. The first kappa shape index (κ1) is 20.2. The van der Waals surface area contributed by atoms with E-state index in [9.17, 15) is 14.4 Å². The third kappa shape index (κ3) is 4.63. The van der Waals surface area contributed by atoms with Crippen LogP contribution in [0, 0.1) is 0 Å². The molecule has 28 heavy (non-hydrogen) atoms. The molecule has 1 saturated heterocycles. The molecule has 0 atom stereocenters. The summed E-state index contributed by atoms with van der Waals surface area (Å²) in [6, 6.07) is 14.3. The van der Waals surface area contributed by atoms with Crippen LogP contribution in [0.15, 0.2) is 57.9 Å². The lowest BCUT2D eigenvalue weighted by molar-refractivity contribution is -0.122. The Morgan fingerprint density at radius 2 is 2.00 bits per heavy atom. The molecule has 2 aromatic rings. The highest BCUT2D eigenvalue weighted by Crippen LogP contribution is 2.32. The van der Waals surface area contributed by atoms with Crippen LogP contribution in [0.3, 0.4) is 0 Å². The van der Waals surface area contributed by atoms with E-state index in [2.05, 4.69) is 21.2 Å². The summed E-state index contributed by atoms with van der Waals surface area (Å²) >= 11 is 4.27. The fraction of sp³-hybridized carbons (Fsp3) is 0.150. The summed E-state index contributed by atoms with van der Waals surface area (Å²) in [5.74, 6) is -0.842. The van der Waals surface area contributed by atoms with Gasteiger partial charge in [0.1, 0.15) is 0 Å². The van der Waals surface area contributed by atoms with Crippen LogP contribution in [-0.4, -0.2) is 35.3 Å². The number of anilines is 1. The third-order valence-electron chi connectivity index (χ3n) is 3.87. The summed E-state index contributed by atoms with van der Waals surface area (Å²) in [6.07, 6.45) is 1.68. The van der Waals surface area contributed by atoms with Crippen molar-refractivity contribution in [3.63, 3.8) is 0 Å². The van der Waals surface area contributed by atoms with Crippen molar-refractivity contribution in [3.05, 3.63) is 69.0 Å². The number of nitrogens with zero attached hydrogens (tertiary/aromatic N) is 1. The minimum atomic E-state index is -0.464. The number of carbonyl (C=O) groups is 3. The van der Waals surface area contributed by atoms with E-state index < -0.39 is 5.97 Å². The van der Waals surface area contributed by atoms with E-state index in [4.69, 9.17) is 4.74 Å². The van der Waals surface area contributed by atoms with E-state index in [0.29, 0.717) is 16.2 Å². The van der Waals surface area contributed by atoms with Crippen LogP contribution in [-0.2, 0) is 9.53 Å². The second kappa shape index (κ2) is 9.07. The predicted molar refractivity (Wildman–Crippen MR) is 113 cm³/mol. The molecule has 0 unspecified atom stereocenters. The van der Waals surface area contributed by atoms with Gasteiger partial charge < -0.3 is 10.1 Å². The van der Waals surface area contributed by atoms with E-state index in [-0.39, 0.29) is 24.4 Å². The number of imide groups is 1. The number of hydrogen-bond acceptors (Lipinski definition) is 6. The maximum absolute atomic E-state index is 12.6. The number of halogens is 1. The zero-order valence-electron chi connectivity index (χ0n) is 15.0. The molecule has 144 valence electrons.